The van der Waals surface area contributed by atoms with Gasteiger partial charge in [-0.25, -0.2) is 4.79 Å². The number of benzene rings is 2. The van der Waals surface area contributed by atoms with E-state index in [-0.39, 0.29) is 27.4 Å². The Hall–Kier alpha value is -2.54. The average Bonchev–Trinajstić information content (AvgIpc) is 2.95. The summed E-state index contributed by atoms with van der Waals surface area (Å²) in [6.07, 6.45) is -4.55. The van der Waals surface area contributed by atoms with Crippen LogP contribution in [0.2, 0.25) is 5.02 Å². The molecule has 2 aromatic rings. The fourth-order valence-electron chi connectivity index (χ4n) is 3.10. The van der Waals surface area contributed by atoms with Crippen molar-refractivity contribution < 1.29 is 27.5 Å². The normalized spacial score (nSPS) is 21.5. The molecule has 1 unspecified atom stereocenters. The van der Waals surface area contributed by atoms with Gasteiger partial charge in [-0.2, -0.15) is 13.2 Å². The summed E-state index contributed by atoms with van der Waals surface area (Å²) < 4.78 is 43.9. The van der Waals surface area contributed by atoms with E-state index in [1.54, 1.807) is 6.07 Å². The third-order valence-electron chi connectivity index (χ3n) is 4.14. The summed E-state index contributed by atoms with van der Waals surface area (Å²) in [7, 11) is 0. The van der Waals surface area contributed by atoms with E-state index in [0.29, 0.717) is 0 Å². The van der Waals surface area contributed by atoms with Crippen molar-refractivity contribution in [1.29, 1.82) is 0 Å². The zero-order valence-electron chi connectivity index (χ0n) is 11.7. The Labute approximate surface area is 138 Å². The minimum Gasteiger partial charge on any atom is -0.435 e. The Kier molecular flexibility index (Phi) is 2.82. The molecule has 2 aromatic carbocycles. The zero-order chi connectivity index (χ0) is 17.3. The van der Waals surface area contributed by atoms with E-state index < -0.39 is 29.2 Å². The first-order chi connectivity index (χ1) is 11.2. The molecule has 1 amide bonds. The molecule has 0 saturated carbocycles. The second-order valence-corrected chi connectivity index (χ2v) is 5.85. The maximum absolute atomic E-state index is 12.9. The standard InChI is InChI=1S/C16H7ClF3NO3/c17-10-3-1-2-9-12(10)13(22)24-15(9)8-5-4-7(16(18,19)20)6-11(8)21-14(15)23/h1-6H,(H,21,23). The predicted octanol–water partition coefficient (Wildman–Crippen LogP) is 3.72. The molecular weight excluding hydrogens is 347 g/mol. The molecule has 1 spiro atoms. The number of fused-ring (bicyclic) bond motifs is 4. The molecule has 0 aliphatic carbocycles. The largest absolute Gasteiger partial charge is 0.435 e. The highest BCUT2D eigenvalue weighted by atomic mass is 35.5. The second-order valence-electron chi connectivity index (χ2n) is 5.45. The van der Waals surface area contributed by atoms with E-state index in [1.165, 1.54) is 12.1 Å². The molecule has 0 bridgehead atoms. The fraction of sp³-hybridized carbons (Fsp3) is 0.125. The van der Waals surface area contributed by atoms with Crippen LogP contribution in [0.1, 0.15) is 27.0 Å². The molecule has 0 radical (unpaired) electrons. The number of halogens is 4. The van der Waals surface area contributed by atoms with Crippen LogP contribution in [0.3, 0.4) is 0 Å². The quantitative estimate of drug-likeness (QED) is 0.734. The predicted molar refractivity (Wildman–Crippen MR) is 77.7 cm³/mol. The van der Waals surface area contributed by atoms with Gasteiger partial charge in [-0.05, 0) is 18.2 Å². The van der Waals surface area contributed by atoms with Crippen molar-refractivity contribution in [3.8, 4) is 0 Å². The van der Waals surface area contributed by atoms with Crippen molar-refractivity contribution in [2.24, 2.45) is 0 Å². The van der Waals surface area contributed by atoms with Crippen LogP contribution in [0, 0.1) is 0 Å². The Morgan fingerprint density at radius 2 is 1.83 bits per heavy atom. The molecule has 8 heteroatoms. The van der Waals surface area contributed by atoms with Crippen LogP contribution < -0.4 is 5.32 Å². The maximum atomic E-state index is 12.9. The molecule has 1 N–H and O–H groups in total. The van der Waals surface area contributed by atoms with Crippen LogP contribution >= 0.6 is 11.6 Å². The van der Waals surface area contributed by atoms with Crippen molar-refractivity contribution >= 4 is 29.2 Å². The van der Waals surface area contributed by atoms with Crippen molar-refractivity contribution in [2.75, 3.05) is 5.32 Å². The molecule has 2 aliphatic rings. The summed E-state index contributed by atoms with van der Waals surface area (Å²) in [6, 6.07) is 7.31. The molecule has 24 heavy (non-hydrogen) atoms. The van der Waals surface area contributed by atoms with Crippen molar-refractivity contribution in [3.63, 3.8) is 0 Å². The van der Waals surface area contributed by atoms with Gasteiger partial charge in [0, 0.05) is 16.8 Å². The van der Waals surface area contributed by atoms with Crippen LogP contribution in [0.4, 0.5) is 18.9 Å². The Morgan fingerprint density at radius 3 is 2.54 bits per heavy atom. The molecule has 0 saturated heterocycles. The van der Waals surface area contributed by atoms with Gasteiger partial charge in [0.15, 0.2) is 0 Å². The number of esters is 1. The highest BCUT2D eigenvalue weighted by molar-refractivity contribution is 6.34. The fourth-order valence-corrected chi connectivity index (χ4v) is 3.35. The summed E-state index contributed by atoms with van der Waals surface area (Å²) in [5, 5.41) is 2.48. The first-order valence-corrected chi connectivity index (χ1v) is 7.18. The topological polar surface area (TPSA) is 55.4 Å². The lowest BCUT2D eigenvalue weighted by Gasteiger charge is -2.21. The summed E-state index contributed by atoms with van der Waals surface area (Å²) in [5.41, 5.74) is -2.35. The van der Waals surface area contributed by atoms with Gasteiger partial charge in [0.1, 0.15) is 0 Å². The third-order valence-corrected chi connectivity index (χ3v) is 4.45. The van der Waals surface area contributed by atoms with Crippen LogP contribution in [-0.4, -0.2) is 11.9 Å². The number of rotatable bonds is 0. The van der Waals surface area contributed by atoms with E-state index in [4.69, 9.17) is 16.3 Å². The van der Waals surface area contributed by atoms with Crippen LogP contribution in [0.15, 0.2) is 36.4 Å². The third kappa shape index (κ3) is 1.76. The lowest BCUT2D eigenvalue weighted by Crippen LogP contribution is -2.35. The number of nitrogens with one attached hydrogen (secondary N) is 1. The van der Waals surface area contributed by atoms with Gasteiger partial charge in [-0.1, -0.05) is 29.8 Å². The number of alkyl halides is 3. The molecular formula is C16H7ClF3NO3. The first-order valence-electron chi connectivity index (χ1n) is 6.80. The Balaban J connectivity index is 1.97. The lowest BCUT2D eigenvalue weighted by atomic mass is 9.86. The van der Waals surface area contributed by atoms with E-state index in [2.05, 4.69) is 5.32 Å². The summed E-state index contributed by atoms with van der Waals surface area (Å²) in [6.45, 7) is 0. The maximum Gasteiger partial charge on any atom is 0.416 e. The number of ether oxygens (including phenoxy) is 1. The van der Waals surface area contributed by atoms with Crippen LogP contribution in [0.25, 0.3) is 0 Å². The average molecular weight is 354 g/mol. The van der Waals surface area contributed by atoms with Crippen molar-refractivity contribution in [3.05, 3.63) is 63.7 Å². The highest BCUT2D eigenvalue weighted by Crippen LogP contribution is 2.51. The lowest BCUT2D eigenvalue weighted by molar-refractivity contribution is -0.137. The van der Waals surface area contributed by atoms with Gasteiger partial charge in [0.2, 0.25) is 5.60 Å². The molecule has 4 nitrogen and oxygen atoms in total. The number of carbonyl (C=O) groups excluding carboxylic acids is 2. The minimum absolute atomic E-state index is 0.0436. The highest BCUT2D eigenvalue weighted by Gasteiger charge is 2.58. The number of hydrogen-bond donors (Lipinski definition) is 1. The first kappa shape index (κ1) is 15.0. The van der Waals surface area contributed by atoms with Crippen LogP contribution in [0.5, 0.6) is 0 Å². The van der Waals surface area contributed by atoms with Gasteiger partial charge in [0.25, 0.3) is 5.91 Å². The SMILES string of the molecule is O=C1OC2(C(=O)Nc3cc(C(F)(F)F)ccc32)c2cccc(Cl)c21. The molecule has 2 heterocycles. The Bertz CT molecular complexity index is 925. The van der Waals surface area contributed by atoms with E-state index >= 15 is 0 Å². The minimum atomic E-state index is -4.55. The molecule has 0 aromatic heterocycles. The number of anilines is 1. The van der Waals surface area contributed by atoms with Crippen molar-refractivity contribution in [2.45, 2.75) is 11.8 Å². The van der Waals surface area contributed by atoms with Crippen molar-refractivity contribution in [1.82, 2.24) is 0 Å². The molecule has 0 fully saturated rings. The van der Waals surface area contributed by atoms with E-state index in [9.17, 15) is 22.8 Å². The zero-order valence-corrected chi connectivity index (χ0v) is 12.5. The smallest absolute Gasteiger partial charge is 0.416 e. The number of amides is 1. The number of hydrogen-bond acceptors (Lipinski definition) is 3. The second kappa shape index (κ2) is 4.51. The van der Waals surface area contributed by atoms with E-state index in [0.717, 1.165) is 18.2 Å². The van der Waals surface area contributed by atoms with Gasteiger partial charge >= 0.3 is 12.1 Å². The molecule has 122 valence electrons. The van der Waals surface area contributed by atoms with Gasteiger partial charge in [-0.3, -0.25) is 4.79 Å². The van der Waals surface area contributed by atoms with Gasteiger partial charge in [0.05, 0.1) is 16.1 Å². The molecule has 2 aliphatic heterocycles. The monoisotopic (exact) mass is 353 g/mol. The Morgan fingerprint density at radius 1 is 1.08 bits per heavy atom. The summed E-state index contributed by atoms with van der Waals surface area (Å²) >= 11 is 6.00. The van der Waals surface area contributed by atoms with Gasteiger partial charge < -0.3 is 10.1 Å². The summed E-state index contributed by atoms with van der Waals surface area (Å²) in [4.78, 5) is 24.7. The van der Waals surface area contributed by atoms with E-state index in [1.807, 2.05) is 0 Å². The summed E-state index contributed by atoms with van der Waals surface area (Å²) in [5.74, 6) is -1.52. The molecule has 4 rings (SSSR count). The van der Waals surface area contributed by atoms with Gasteiger partial charge in [-0.15, -0.1) is 0 Å². The molecule has 1 atom stereocenters. The van der Waals surface area contributed by atoms with Crippen LogP contribution in [-0.2, 0) is 21.3 Å². The number of carbonyl (C=O) groups is 2.